The molecule has 8 heteroatoms. The molecule has 1 aromatic carbocycles. The van der Waals surface area contributed by atoms with Gasteiger partial charge in [-0.15, -0.1) is 0 Å². The second kappa shape index (κ2) is 6.25. The summed E-state index contributed by atoms with van der Waals surface area (Å²) < 4.78 is 10.5. The number of amides is 2. The molecule has 0 aliphatic carbocycles. The number of ether oxygens (including phenoxy) is 2. The molecule has 3 rings (SSSR count). The Morgan fingerprint density at radius 1 is 1.39 bits per heavy atom. The molecule has 0 radical (unpaired) electrons. The standard InChI is InChI=1S/C15H16N2O6/c18-13-8-23-12-2-1-9(5-11(12)16-13)15(21)17-3-4-22-7-10(17)6-14(19)20/h1-2,5,10H,3-4,6-8H2,(H,16,18)(H,19,20). The molecule has 2 aliphatic rings. The van der Waals surface area contributed by atoms with E-state index in [2.05, 4.69) is 5.32 Å². The van der Waals surface area contributed by atoms with Crippen LogP contribution < -0.4 is 10.1 Å². The van der Waals surface area contributed by atoms with Gasteiger partial charge in [0.15, 0.2) is 6.61 Å². The SMILES string of the molecule is O=C(O)CC1COCCN1C(=O)c1ccc2c(c1)NC(=O)CO2. The number of carbonyl (C=O) groups excluding carboxylic acids is 2. The summed E-state index contributed by atoms with van der Waals surface area (Å²) in [5.41, 5.74) is 0.807. The molecule has 0 aromatic heterocycles. The summed E-state index contributed by atoms with van der Waals surface area (Å²) >= 11 is 0. The van der Waals surface area contributed by atoms with Crippen LogP contribution in [0.25, 0.3) is 0 Å². The molecule has 1 saturated heterocycles. The Morgan fingerprint density at radius 2 is 2.22 bits per heavy atom. The van der Waals surface area contributed by atoms with Gasteiger partial charge in [-0.3, -0.25) is 14.4 Å². The third kappa shape index (κ3) is 3.26. The van der Waals surface area contributed by atoms with Crippen molar-refractivity contribution in [1.82, 2.24) is 4.90 Å². The molecule has 1 unspecified atom stereocenters. The molecule has 2 amide bonds. The highest BCUT2D eigenvalue weighted by Crippen LogP contribution is 2.29. The number of anilines is 1. The van der Waals surface area contributed by atoms with Crippen LogP contribution >= 0.6 is 0 Å². The van der Waals surface area contributed by atoms with Crippen molar-refractivity contribution in [3.8, 4) is 5.75 Å². The molecule has 2 heterocycles. The van der Waals surface area contributed by atoms with E-state index in [1.54, 1.807) is 18.2 Å². The monoisotopic (exact) mass is 320 g/mol. The lowest BCUT2D eigenvalue weighted by molar-refractivity contribution is -0.139. The van der Waals surface area contributed by atoms with Gasteiger partial charge in [0.1, 0.15) is 5.75 Å². The molecule has 0 spiro atoms. The molecule has 122 valence electrons. The van der Waals surface area contributed by atoms with Gasteiger partial charge < -0.3 is 24.8 Å². The fraction of sp³-hybridized carbons (Fsp3) is 0.400. The van der Waals surface area contributed by atoms with Gasteiger partial charge >= 0.3 is 5.97 Å². The number of carboxylic acids is 1. The van der Waals surface area contributed by atoms with E-state index in [0.717, 1.165) is 0 Å². The van der Waals surface area contributed by atoms with E-state index in [1.165, 1.54) is 4.90 Å². The van der Waals surface area contributed by atoms with Crippen LogP contribution in [-0.2, 0) is 14.3 Å². The third-order valence-electron chi connectivity index (χ3n) is 3.76. The van der Waals surface area contributed by atoms with Crippen molar-refractivity contribution >= 4 is 23.5 Å². The van der Waals surface area contributed by atoms with Crippen LogP contribution in [0.1, 0.15) is 16.8 Å². The van der Waals surface area contributed by atoms with Gasteiger partial charge in [0.2, 0.25) is 0 Å². The van der Waals surface area contributed by atoms with E-state index in [0.29, 0.717) is 30.2 Å². The van der Waals surface area contributed by atoms with Crippen LogP contribution in [0.5, 0.6) is 5.75 Å². The van der Waals surface area contributed by atoms with Crippen LogP contribution in [0.3, 0.4) is 0 Å². The maximum Gasteiger partial charge on any atom is 0.305 e. The van der Waals surface area contributed by atoms with E-state index in [9.17, 15) is 14.4 Å². The van der Waals surface area contributed by atoms with Crippen molar-refractivity contribution in [3.05, 3.63) is 23.8 Å². The van der Waals surface area contributed by atoms with Crippen molar-refractivity contribution in [2.75, 3.05) is 31.7 Å². The largest absolute Gasteiger partial charge is 0.482 e. The minimum absolute atomic E-state index is 0.0511. The summed E-state index contributed by atoms with van der Waals surface area (Å²) in [4.78, 5) is 36.5. The Labute approximate surface area is 132 Å². The zero-order valence-corrected chi connectivity index (χ0v) is 12.3. The van der Waals surface area contributed by atoms with Gasteiger partial charge in [-0.2, -0.15) is 0 Å². The topological polar surface area (TPSA) is 105 Å². The lowest BCUT2D eigenvalue weighted by atomic mass is 10.1. The van der Waals surface area contributed by atoms with Crippen LogP contribution in [0.4, 0.5) is 5.69 Å². The molecule has 0 bridgehead atoms. The first-order valence-corrected chi connectivity index (χ1v) is 7.22. The van der Waals surface area contributed by atoms with Gasteiger partial charge in [0.05, 0.1) is 31.4 Å². The Morgan fingerprint density at radius 3 is 3.00 bits per heavy atom. The predicted octanol–water partition coefficient (Wildman–Crippen LogP) is 0.333. The predicted molar refractivity (Wildman–Crippen MR) is 78.5 cm³/mol. The quantitative estimate of drug-likeness (QED) is 0.832. The highest BCUT2D eigenvalue weighted by Gasteiger charge is 2.30. The summed E-state index contributed by atoms with van der Waals surface area (Å²) in [5, 5.41) is 11.6. The molecular formula is C15H16N2O6. The highest BCUT2D eigenvalue weighted by atomic mass is 16.5. The first kappa shape index (κ1) is 15.3. The number of carboxylic acid groups (broad SMARTS) is 1. The molecule has 23 heavy (non-hydrogen) atoms. The average molecular weight is 320 g/mol. The van der Waals surface area contributed by atoms with E-state index < -0.39 is 12.0 Å². The van der Waals surface area contributed by atoms with E-state index >= 15 is 0 Å². The molecule has 1 atom stereocenters. The zero-order valence-electron chi connectivity index (χ0n) is 12.3. The van der Waals surface area contributed by atoms with Crippen LogP contribution in [0.2, 0.25) is 0 Å². The van der Waals surface area contributed by atoms with E-state index in [1.807, 2.05) is 0 Å². The lowest BCUT2D eigenvalue weighted by Gasteiger charge is -2.35. The summed E-state index contributed by atoms with van der Waals surface area (Å²) in [6.45, 7) is 0.844. The number of hydrogen-bond donors (Lipinski definition) is 2. The molecule has 0 saturated carbocycles. The number of fused-ring (bicyclic) bond motifs is 1. The van der Waals surface area contributed by atoms with Gasteiger partial charge in [-0.25, -0.2) is 0 Å². The first-order chi connectivity index (χ1) is 11.0. The Kier molecular flexibility index (Phi) is 4.16. The highest BCUT2D eigenvalue weighted by molar-refractivity contribution is 6.00. The Balaban J connectivity index is 1.82. The number of nitrogens with zero attached hydrogens (tertiary/aromatic N) is 1. The maximum absolute atomic E-state index is 12.7. The zero-order chi connectivity index (χ0) is 16.4. The average Bonchev–Trinajstić information content (AvgIpc) is 2.53. The number of hydrogen-bond acceptors (Lipinski definition) is 5. The minimum Gasteiger partial charge on any atom is -0.482 e. The number of benzene rings is 1. The fourth-order valence-corrected chi connectivity index (χ4v) is 2.67. The van der Waals surface area contributed by atoms with Crippen LogP contribution in [0.15, 0.2) is 18.2 Å². The van der Waals surface area contributed by atoms with Gasteiger partial charge in [-0.1, -0.05) is 0 Å². The number of nitrogens with one attached hydrogen (secondary N) is 1. The molecule has 8 nitrogen and oxygen atoms in total. The van der Waals surface area contributed by atoms with Crippen molar-refractivity contribution in [2.24, 2.45) is 0 Å². The fourth-order valence-electron chi connectivity index (χ4n) is 2.67. The van der Waals surface area contributed by atoms with Crippen LogP contribution in [-0.4, -0.2) is 60.2 Å². The van der Waals surface area contributed by atoms with Crippen molar-refractivity contribution in [2.45, 2.75) is 12.5 Å². The molecule has 2 N–H and O–H groups in total. The number of carbonyl (C=O) groups is 3. The Hall–Kier alpha value is -2.61. The maximum atomic E-state index is 12.7. The first-order valence-electron chi connectivity index (χ1n) is 7.22. The number of rotatable bonds is 3. The van der Waals surface area contributed by atoms with Gasteiger partial charge in [0, 0.05) is 12.1 Å². The van der Waals surface area contributed by atoms with E-state index in [-0.39, 0.29) is 31.4 Å². The van der Waals surface area contributed by atoms with Gasteiger partial charge in [0.25, 0.3) is 11.8 Å². The number of aliphatic carboxylic acids is 1. The second-order valence-electron chi connectivity index (χ2n) is 5.37. The molecule has 1 aromatic rings. The smallest absolute Gasteiger partial charge is 0.305 e. The van der Waals surface area contributed by atoms with Crippen molar-refractivity contribution in [1.29, 1.82) is 0 Å². The lowest BCUT2D eigenvalue weighted by Crippen LogP contribution is -2.49. The van der Waals surface area contributed by atoms with Crippen molar-refractivity contribution in [3.63, 3.8) is 0 Å². The molecule has 1 fully saturated rings. The normalized spacial score (nSPS) is 20.3. The molecule has 2 aliphatic heterocycles. The summed E-state index contributed by atoms with van der Waals surface area (Å²) in [6, 6.07) is 4.26. The van der Waals surface area contributed by atoms with E-state index in [4.69, 9.17) is 14.6 Å². The summed E-state index contributed by atoms with van der Waals surface area (Å²) in [7, 11) is 0. The summed E-state index contributed by atoms with van der Waals surface area (Å²) in [6.07, 6.45) is -0.170. The van der Waals surface area contributed by atoms with Crippen molar-refractivity contribution < 1.29 is 29.0 Å². The third-order valence-corrected chi connectivity index (χ3v) is 3.76. The van der Waals surface area contributed by atoms with Gasteiger partial charge in [-0.05, 0) is 18.2 Å². The second-order valence-corrected chi connectivity index (χ2v) is 5.37. The minimum atomic E-state index is -0.982. The Bertz CT molecular complexity index is 659. The summed E-state index contributed by atoms with van der Waals surface area (Å²) in [5.74, 6) is -1.05. The number of morpholine rings is 1. The van der Waals surface area contributed by atoms with Crippen LogP contribution in [0, 0.1) is 0 Å². The molecular weight excluding hydrogens is 304 g/mol.